The van der Waals surface area contributed by atoms with Crippen molar-refractivity contribution in [2.45, 2.75) is 16.2 Å². The second kappa shape index (κ2) is 6.14. The second-order valence-corrected chi connectivity index (χ2v) is 5.19. The van der Waals surface area contributed by atoms with Gasteiger partial charge in [0, 0.05) is 16.0 Å². The number of aromatic nitrogens is 1. The van der Waals surface area contributed by atoms with Gasteiger partial charge in [-0.15, -0.1) is 13.2 Å². The summed E-state index contributed by atoms with van der Waals surface area (Å²) < 4.78 is 40.3. The summed E-state index contributed by atoms with van der Waals surface area (Å²) in [7, 11) is 0. The number of benzene rings is 1. The number of rotatable bonds is 4. The first-order valence-corrected chi connectivity index (χ1v) is 6.59. The fraction of sp³-hybridized carbons (Fsp3) is 0.0769. The van der Waals surface area contributed by atoms with E-state index in [2.05, 4.69) is 9.72 Å². The molecule has 3 N–H and O–H groups in total. The summed E-state index contributed by atoms with van der Waals surface area (Å²) in [4.78, 5) is 15.5. The zero-order valence-corrected chi connectivity index (χ0v) is 11.6. The van der Waals surface area contributed by atoms with E-state index in [4.69, 9.17) is 10.8 Å². The Morgan fingerprint density at radius 2 is 2.00 bits per heavy atom. The van der Waals surface area contributed by atoms with Crippen molar-refractivity contribution < 1.29 is 27.8 Å². The van der Waals surface area contributed by atoms with Crippen molar-refractivity contribution in [3.05, 3.63) is 42.2 Å². The number of anilines is 1. The lowest BCUT2D eigenvalue weighted by Crippen LogP contribution is -2.17. The van der Waals surface area contributed by atoms with Gasteiger partial charge in [-0.25, -0.2) is 9.78 Å². The molecule has 5 nitrogen and oxygen atoms in total. The van der Waals surface area contributed by atoms with Gasteiger partial charge in [0.15, 0.2) is 5.69 Å². The predicted octanol–water partition coefficient (Wildman–Crippen LogP) is 3.41. The summed E-state index contributed by atoms with van der Waals surface area (Å²) in [5.74, 6) is -1.60. The zero-order valence-electron chi connectivity index (χ0n) is 10.8. The third-order valence-electron chi connectivity index (χ3n) is 2.37. The van der Waals surface area contributed by atoms with Crippen LogP contribution in [0.3, 0.4) is 0 Å². The molecule has 1 aromatic carbocycles. The third-order valence-corrected chi connectivity index (χ3v) is 3.32. The molecular formula is C13H9F3N2O3S. The van der Waals surface area contributed by atoms with Crippen LogP contribution in [-0.4, -0.2) is 22.4 Å². The van der Waals surface area contributed by atoms with Gasteiger partial charge in [-0.2, -0.15) is 0 Å². The number of nitrogen functional groups attached to an aromatic ring is 1. The summed E-state index contributed by atoms with van der Waals surface area (Å²) >= 11 is 1.08. The van der Waals surface area contributed by atoms with Crippen LogP contribution >= 0.6 is 11.8 Å². The Kier molecular flexibility index (Phi) is 4.45. The molecule has 116 valence electrons. The van der Waals surface area contributed by atoms with Crippen molar-refractivity contribution >= 4 is 23.4 Å². The predicted molar refractivity (Wildman–Crippen MR) is 72.9 cm³/mol. The van der Waals surface area contributed by atoms with Crippen molar-refractivity contribution in [2.75, 3.05) is 5.73 Å². The lowest BCUT2D eigenvalue weighted by Gasteiger charge is -2.10. The summed E-state index contributed by atoms with van der Waals surface area (Å²) in [6, 6.07) is 6.76. The number of halogens is 3. The number of pyridine rings is 1. The smallest absolute Gasteiger partial charge is 0.476 e. The van der Waals surface area contributed by atoms with Crippen LogP contribution in [0.2, 0.25) is 0 Å². The highest BCUT2D eigenvalue weighted by molar-refractivity contribution is 7.99. The number of carbonyl (C=O) groups is 1. The van der Waals surface area contributed by atoms with Crippen LogP contribution in [0.4, 0.5) is 18.9 Å². The van der Waals surface area contributed by atoms with E-state index in [0.717, 1.165) is 11.8 Å². The number of carboxylic acids is 1. The average molecular weight is 330 g/mol. The van der Waals surface area contributed by atoms with E-state index in [0.29, 0.717) is 9.79 Å². The van der Waals surface area contributed by atoms with Crippen molar-refractivity contribution in [2.24, 2.45) is 0 Å². The van der Waals surface area contributed by atoms with Crippen LogP contribution in [0.15, 0.2) is 46.3 Å². The maximum atomic E-state index is 12.2. The van der Waals surface area contributed by atoms with Crippen molar-refractivity contribution in [3.63, 3.8) is 0 Å². The van der Waals surface area contributed by atoms with Gasteiger partial charge in [-0.3, -0.25) is 0 Å². The molecule has 0 bridgehead atoms. The molecule has 0 atom stereocenters. The van der Waals surface area contributed by atoms with Crippen molar-refractivity contribution in [1.29, 1.82) is 0 Å². The SMILES string of the molecule is Nc1cc(Sc2cccc(OC(F)(F)F)c2)cnc1C(=O)O. The molecular weight excluding hydrogens is 321 g/mol. The molecule has 0 unspecified atom stereocenters. The third kappa shape index (κ3) is 4.29. The van der Waals surface area contributed by atoms with Crippen LogP contribution in [0.1, 0.15) is 10.5 Å². The average Bonchev–Trinajstić information content (AvgIpc) is 2.36. The van der Waals surface area contributed by atoms with E-state index in [1.165, 1.54) is 30.5 Å². The van der Waals surface area contributed by atoms with E-state index < -0.39 is 12.3 Å². The first-order chi connectivity index (χ1) is 10.2. The number of carboxylic acid groups (broad SMARTS) is 1. The highest BCUT2D eigenvalue weighted by Crippen LogP contribution is 2.32. The molecule has 2 rings (SSSR count). The number of hydrogen-bond acceptors (Lipinski definition) is 5. The zero-order chi connectivity index (χ0) is 16.3. The topological polar surface area (TPSA) is 85.4 Å². The Balaban J connectivity index is 2.19. The van der Waals surface area contributed by atoms with Gasteiger partial charge in [-0.1, -0.05) is 17.8 Å². The first kappa shape index (κ1) is 16.0. The molecule has 1 aromatic heterocycles. The number of aromatic carboxylic acids is 1. The number of nitrogens with two attached hydrogens (primary N) is 1. The Morgan fingerprint density at radius 3 is 2.59 bits per heavy atom. The molecule has 0 amide bonds. The minimum atomic E-state index is -4.77. The maximum Gasteiger partial charge on any atom is 0.573 e. The Labute approximate surface area is 126 Å². The van der Waals surface area contributed by atoms with Gasteiger partial charge in [-0.05, 0) is 24.3 Å². The van der Waals surface area contributed by atoms with Crippen molar-refractivity contribution in [3.8, 4) is 5.75 Å². The Bertz CT molecular complexity index is 707. The number of hydrogen-bond donors (Lipinski definition) is 2. The standard InChI is InChI=1S/C13H9F3N2O3S/c14-13(15,16)21-7-2-1-3-8(4-7)22-9-5-10(17)11(12(19)20)18-6-9/h1-6H,17H2,(H,19,20). The van der Waals surface area contributed by atoms with E-state index in [-0.39, 0.29) is 17.1 Å². The highest BCUT2D eigenvalue weighted by atomic mass is 32.2. The largest absolute Gasteiger partial charge is 0.573 e. The van der Waals surface area contributed by atoms with Gasteiger partial charge in [0.1, 0.15) is 5.75 Å². The normalized spacial score (nSPS) is 11.2. The Hall–Kier alpha value is -2.42. The Morgan fingerprint density at radius 1 is 1.27 bits per heavy atom. The minimum absolute atomic E-state index is 0.0276. The molecule has 2 aromatic rings. The molecule has 0 spiro atoms. The molecule has 0 saturated heterocycles. The van der Waals surface area contributed by atoms with E-state index in [1.54, 1.807) is 6.07 Å². The number of ether oxygens (including phenoxy) is 1. The van der Waals surface area contributed by atoms with Gasteiger partial charge in [0.2, 0.25) is 0 Å². The fourth-order valence-electron chi connectivity index (χ4n) is 1.57. The lowest BCUT2D eigenvalue weighted by molar-refractivity contribution is -0.274. The molecule has 0 aliphatic heterocycles. The summed E-state index contributed by atoms with van der Waals surface area (Å²) in [5.41, 5.74) is 5.25. The summed E-state index contributed by atoms with van der Waals surface area (Å²) in [6.07, 6.45) is -3.49. The van der Waals surface area contributed by atoms with Gasteiger partial charge in [0.25, 0.3) is 0 Å². The molecule has 0 saturated carbocycles. The fourth-order valence-corrected chi connectivity index (χ4v) is 2.45. The maximum absolute atomic E-state index is 12.2. The number of alkyl halides is 3. The lowest BCUT2D eigenvalue weighted by atomic mass is 10.3. The molecule has 0 aliphatic rings. The molecule has 0 fully saturated rings. The van der Waals surface area contributed by atoms with Gasteiger partial charge in [0.05, 0.1) is 5.69 Å². The quantitative estimate of drug-likeness (QED) is 0.893. The van der Waals surface area contributed by atoms with Crippen LogP contribution in [0.25, 0.3) is 0 Å². The summed E-state index contributed by atoms with van der Waals surface area (Å²) in [6.45, 7) is 0. The number of nitrogens with zero attached hydrogens (tertiary/aromatic N) is 1. The first-order valence-electron chi connectivity index (χ1n) is 5.77. The van der Waals surface area contributed by atoms with Crippen LogP contribution in [0, 0.1) is 0 Å². The molecule has 0 aliphatic carbocycles. The highest BCUT2D eigenvalue weighted by Gasteiger charge is 2.31. The molecule has 9 heteroatoms. The minimum Gasteiger partial charge on any atom is -0.476 e. The van der Waals surface area contributed by atoms with Crippen LogP contribution < -0.4 is 10.5 Å². The molecule has 0 radical (unpaired) electrons. The molecule has 22 heavy (non-hydrogen) atoms. The van der Waals surface area contributed by atoms with Crippen LogP contribution in [0.5, 0.6) is 5.75 Å². The van der Waals surface area contributed by atoms with E-state index in [1.807, 2.05) is 0 Å². The van der Waals surface area contributed by atoms with E-state index >= 15 is 0 Å². The van der Waals surface area contributed by atoms with Gasteiger partial charge < -0.3 is 15.6 Å². The molecule has 1 heterocycles. The van der Waals surface area contributed by atoms with Gasteiger partial charge >= 0.3 is 12.3 Å². The van der Waals surface area contributed by atoms with Crippen molar-refractivity contribution in [1.82, 2.24) is 4.98 Å². The van der Waals surface area contributed by atoms with E-state index in [9.17, 15) is 18.0 Å². The monoisotopic (exact) mass is 330 g/mol. The second-order valence-electron chi connectivity index (χ2n) is 4.04. The van der Waals surface area contributed by atoms with Crippen LogP contribution in [-0.2, 0) is 0 Å². The summed E-state index contributed by atoms with van der Waals surface area (Å²) in [5, 5.41) is 8.82.